The van der Waals surface area contributed by atoms with Gasteiger partial charge in [0.1, 0.15) is 11.5 Å². The minimum absolute atomic E-state index is 0.149. The molecule has 8 nitrogen and oxygen atoms in total. The highest BCUT2D eigenvalue weighted by molar-refractivity contribution is 7.99. The molecule has 1 atom stereocenters. The van der Waals surface area contributed by atoms with Crippen molar-refractivity contribution < 1.29 is 14.3 Å². The smallest absolute Gasteiger partial charge is 0.231 e. The van der Waals surface area contributed by atoms with Crippen molar-refractivity contribution >= 4 is 17.7 Å². The number of hydrogen-bond acceptors (Lipinski definition) is 7. The van der Waals surface area contributed by atoms with Crippen molar-refractivity contribution in [2.75, 3.05) is 5.75 Å². The number of carbonyl (C=O) groups is 1. The molecular formula is C15H15N5O3S. The summed E-state index contributed by atoms with van der Waals surface area (Å²) in [5, 5.41) is 24.1. The second-order valence-electron chi connectivity index (χ2n) is 4.98. The van der Waals surface area contributed by atoms with E-state index in [1.807, 2.05) is 13.0 Å². The molecule has 0 fully saturated rings. The van der Waals surface area contributed by atoms with E-state index in [0.717, 1.165) is 0 Å². The first kappa shape index (κ1) is 16.1. The number of carbonyl (C=O) groups excluding carboxylic acids is 1. The van der Waals surface area contributed by atoms with Crippen LogP contribution in [0.25, 0.3) is 5.69 Å². The van der Waals surface area contributed by atoms with Crippen LogP contribution in [0.1, 0.15) is 18.7 Å². The lowest BCUT2D eigenvalue weighted by molar-refractivity contribution is -0.119. The fourth-order valence-electron chi connectivity index (χ4n) is 2.05. The Balaban J connectivity index is 1.60. The van der Waals surface area contributed by atoms with Gasteiger partial charge in [0.2, 0.25) is 11.1 Å². The number of rotatable bonds is 6. The number of thioether (sulfide) groups is 1. The SMILES string of the molecule is C[C@@H](NC(=O)CSc1nnnn1-c1ccc(O)cc1)c1ccco1. The van der Waals surface area contributed by atoms with Crippen LogP contribution in [0, 0.1) is 0 Å². The quantitative estimate of drug-likeness (QED) is 0.657. The predicted octanol–water partition coefficient (Wildman–Crippen LogP) is 1.93. The molecular weight excluding hydrogens is 330 g/mol. The van der Waals surface area contributed by atoms with Crippen molar-refractivity contribution in [3.05, 3.63) is 48.4 Å². The van der Waals surface area contributed by atoms with E-state index in [4.69, 9.17) is 4.42 Å². The first-order valence-electron chi connectivity index (χ1n) is 7.17. The van der Waals surface area contributed by atoms with Crippen LogP contribution in [0.5, 0.6) is 5.75 Å². The van der Waals surface area contributed by atoms with E-state index >= 15 is 0 Å². The van der Waals surface area contributed by atoms with Crippen molar-refractivity contribution in [2.45, 2.75) is 18.1 Å². The predicted molar refractivity (Wildman–Crippen MR) is 86.8 cm³/mol. The zero-order chi connectivity index (χ0) is 16.9. The third kappa shape index (κ3) is 3.74. The molecule has 2 heterocycles. The van der Waals surface area contributed by atoms with E-state index in [2.05, 4.69) is 20.8 Å². The van der Waals surface area contributed by atoms with E-state index in [1.165, 1.54) is 16.4 Å². The number of aromatic nitrogens is 4. The molecule has 0 saturated carbocycles. The molecule has 24 heavy (non-hydrogen) atoms. The van der Waals surface area contributed by atoms with Crippen molar-refractivity contribution in [3.63, 3.8) is 0 Å². The molecule has 3 aromatic rings. The number of amides is 1. The van der Waals surface area contributed by atoms with Crippen molar-refractivity contribution in [3.8, 4) is 11.4 Å². The summed E-state index contributed by atoms with van der Waals surface area (Å²) >= 11 is 1.22. The molecule has 0 radical (unpaired) electrons. The number of nitrogens with one attached hydrogen (secondary N) is 1. The summed E-state index contributed by atoms with van der Waals surface area (Å²) in [7, 11) is 0. The highest BCUT2D eigenvalue weighted by Gasteiger charge is 2.15. The summed E-state index contributed by atoms with van der Waals surface area (Å²) in [5.74, 6) is 0.877. The summed E-state index contributed by atoms with van der Waals surface area (Å²) in [6, 6.07) is 9.85. The van der Waals surface area contributed by atoms with E-state index in [9.17, 15) is 9.90 Å². The van der Waals surface area contributed by atoms with Gasteiger partial charge in [0.25, 0.3) is 0 Å². The highest BCUT2D eigenvalue weighted by atomic mass is 32.2. The number of hydrogen-bond donors (Lipinski definition) is 2. The molecule has 0 aliphatic rings. The van der Waals surface area contributed by atoms with Gasteiger partial charge in [-0.15, -0.1) is 5.10 Å². The lowest BCUT2D eigenvalue weighted by Crippen LogP contribution is -2.28. The standard InChI is InChI=1S/C15H15N5O3S/c1-10(13-3-2-8-23-13)16-14(22)9-24-15-17-18-19-20(15)11-4-6-12(21)7-5-11/h2-8,10,21H,9H2,1H3,(H,16,22)/t10-/m1/s1. The average molecular weight is 345 g/mol. The molecule has 124 valence electrons. The largest absolute Gasteiger partial charge is 0.508 e. The molecule has 0 saturated heterocycles. The molecule has 3 rings (SSSR count). The van der Waals surface area contributed by atoms with Gasteiger partial charge in [-0.3, -0.25) is 4.79 Å². The normalized spacial score (nSPS) is 12.0. The Morgan fingerprint density at radius 2 is 2.17 bits per heavy atom. The van der Waals surface area contributed by atoms with E-state index in [0.29, 0.717) is 16.6 Å². The van der Waals surface area contributed by atoms with Crippen LogP contribution in [-0.4, -0.2) is 37.0 Å². The Labute approximate surface area is 141 Å². The van der Waals surface area contributed by atoms with Crippen LogP contribution in [0.2, 0.25) is 0 Å². The Hall–Kier alpha value is -2.81. The van der Waals surface area contributed by atoms with Gasteiger partial charge in [0.15, 0.2) is 0 Å². The maximum absolute atomic E-state index is 12.1. The summed E-state index contributed by atoms with van der Waals surface area (Å²) in [4.78, 5) is 12.1. The number of benzene rings is 1. The third-order valence-corrected chi connectivity index (χ3v) is 4.13. The molecule has 0 unspecified atom stereocenters. The minimum Gasteiger partial charge on any atom is -0.508 e. The number of aromatic hydroxyl groups is 1. The number of phenols is 1. The van der Waals surface area contributed by atoms with Gasteiger partial charge >= 0.3 is 0 Å². The van der Waals surface area contributed by atoms with Crippen molar-refractivity contribution in [1.82, 2.24) is 25.5 Å². The van der Waals surface area contributed by atoms with Gasteiger partial charge in [-0.2, -0.15) is 4.68 Å². The third-order valence-electron chi connectivity index (χ3n) is 3.21. The van der Waals surface area contributed by atoms with Gasteiger partial charge in [0, 0.05) is 0 Å². The molecule has 0 spiro atoms. The first-order valence-corrected chi connectivity index (χ1v) is 8.15. The van der Waals surface area contributed by atoms with Gasteiger partial charge in [-0.25, -0.2) is 0 Å². The van der Waals surface area contributed by atoms with Crippen LogP contribution in [0.4, 0.5) is 0 Å². The van der Waals surface area contributed by atoms with Gasteiger partial charge < -0.3 is 14.8 Å². The molecule has 2 aromatic heterocycles. The second kappa shape index (κ2) is 7.18. The molecule has 1 amide bonds. The fraction of sp³-hybridized carbons (Fsp3) is 0.200. The minimum atomic E-state index is -0.207. The molecule has 0 aliphatic carbocycles. The monoisotopic (exact) mass is 345 g/mol. The van der Waals surface area contributed by atoms with Crippen LogP contribution < -0.4 is 5.32 Å². The number of phenolic OH excluding ortho intramolecular Hbond substituents is 1. The topological polar surface area (TPSA) is 106 Å². The Morgan fingerprint density at radius 1 is 1.38 bits per heavy atom. The average Bonchev–Trinajstić information content (AvgIpc) is 3.25. The second-order valence-corrected chi connectivity index (χ2v) is 5.93. The van der Waals surface area contributed by atoms with Crippen LogP contribution >= 0.6 is 11.8 Å². The van der Waals surface area contributed by atoms with E-state index in [-0.39, 0.29) is 23.5 Å². The Bertz CT molecular complexity index is 801. The van der Waals surface area contributed by atoms with Crippen LogP contribution in [-0.2, 0) is 4.79 Å². The summed E-state index contributed by atoms with van der Waals surface area (Å²) < 4.78 is 6.76. The number of tetrazole rings is 1. The molecule has 2 N–H and O–H groups in total. The number of furan rings is 1. The Morgan fingerprint density at radius 3 is 2.88 bits per heavy atom. The van der Waals surface area contributed by atoms with Crippen LogP contribution in [0.15, 0.2) is 52.2 Å². The molecule has 0 aliphatic heterocycles. The molecule has 0 bridgehead atoms. The first-order chi connectivity index (χ1) is 11.6. The fourth-order valence-corrected chi connectivity index (χ4v) is 2.75. The zero-order valence-electron chi connectivity index (χ0n) is 12.8. The summed E-state index contributed by atoms with van der Waals surface area (Å²) in [5.41, 5.74) is 0.699. The summed E-state index contributed by atoms with van der Waals surface area (Å²) in [6.45, 7) is 1.85. The van der Waals surface area contributed by atoms with Crippen LogP contribution in [0.3, 0.4) is 0 Å². The lowest BCUT2D eigenvalue weighted by atomic mass is 10.2. The van der Waals surface area contributed by atoms with E-state index < -0.39 is 0 Å². The van der Waals surface area contributed by atoms with Gasteiger partial charge in [-0.1, -0.05) is 11.8 Å². The van der Waals surface area contributed by atoms with Crippen molar-refractivity contribution in [1.29, 1.82) is 0 Å². The summed E-state index contributed by atoms with van der Waals surface area (Å²) in [6.07, 6.45) is 1.57. The van der Waals surface area contributed by atoms with Gasteiger partial charge in [0.05, 0.1) is 23.7 Å². The zero-order valence-corrected chi connectivity index (χ0v) is 13.6. The lowest BCUT2D eigenvalue weighted by Gasteiger charge is -2.11. The van der Waals surface area contributed by atoms with E-state index in [1.54, 1.807) is 36.6 Å². The Kier molecular flexibility index (Phi) is 4.80. The number of nitrogens with zero attached hydrogens (tertiary/aromatic N) is 4. The maximum atomic E-state index is 12.1. The maximum Gasteiger partial charge on any atom is 0.231 e. The molecule has 9 heteroatoms. The molecule has 1 aromatic carbocycles. The van der Waals surface area contributed by atoms with Crippen molar-refractivity contribution in [2.24, 2.45) is 0 Å². The highest BCUT2D eigenvalue weighted by Crippen LogP contribution is 2.20. The van der Waals surface area contributed by atoms with Gasteiger partial charge in [-0.05, 0) is 53.7 Å².